The summed E-state index contributed by atoms with van der Waals surface area (Å²) in [6.07, 6.45) is 5.99. The molecule has 166 valence electrons. The van der Waals surface area contributed by atoms with Crippen molar-refractivity contribution < 1.29 is 17.7 Å². The lowest BCUT2D eigenvalue weighted by Crippen LogP contribution is -2.42. The van der Waals surface area contributed by atoms with E-state index < -0.39 is 25.9 Å². The summed E-state index contributed by atoms with van der Waals surface area (Å²) in [5.41, 5.74) is 0.865. The lowest BCUT2D eigenvalue weighted by Gasteiger charge is -2.34. The molecule has 2 aromatic rings. The number of fused-ring (bicyclic) bond motifs is 1. The van der Waals surface area contributed by atoms with Crippen LogP contribution >= 0.6 is 11.6 Å². The zero-order valence-electron chi connectivity index (χ0n) is 17.8. The molecule has 1 saturated carbocycles. The van der Waals surface area contributed by atoms with Crippen molar-refractivity contribution in [3.63, 3.8) is 0 Å². The second-order valence-electron chi connectivity index (χ2n) is 8.69. The largest absolute Gasteiger partial charge is 0.598 e. The van der Waals surface area contributed by atoms with Crippen LogP contribution in [0.4, 0.5) is 0 Å². The van der Waals surface area contributed by atoms with Crippen LogP contribution in [0.2, 0.25) is 5.15 Å². The minimum Gasteiger partial charge on any atom is -0.598 e. The highest BCUT2D eigenvalue weighted by Crippen LogP contribution is 2.36. The maximum atomic E-state index is 12.6. The lowest BCUT2D eigenvalue weighted by atomic mass is 9.95. The third-order valence-electron chi connectivity index (χ3n) is 5.26. The number of pyridine rings is 2. The van der Waals surface area contributed by atoms with Crippen molar-refractivity contribution in [1.29, 1.82) is 0 Å². The first-order valence-corrected chi connectivity index (χ1v) is 13.4. The van der Waals surface area contributed by atoms with Crippen LogP contribution in [0, 0.1) is 0 Å². The Morgan fingerprint density at radius 2 is 1.97 bits per heavy atom. The zero-order valence-corrected chi connectivity index (χ0v) is 20.2. The van der Waals surface area contributed by atoms with Crippen LogP contribution in [0.5, 0.6) is 5.88 Å². The van der Waals surface area contributed by atoms with Gasteiger partial charge in [-0.05, 0) is 38.6 Å². The van der Waals surface area contributed by atoms with Gasteiger partial charge in [-0.15, -0.1) is 4.72 Å². The molecule has 0 saturated heterocycles. The van der Waals surface area contributed by atoms with Gasteiger partial charge < -0.3 is 9.29 Å². The first-order valence-electron chi connectivity index (χ1n) is 9.88. The van der Waals surface area contributed by atoms with Gasteiger partial charge in [-0.3, -0.25) is 0 Å². The van der Waals surface area contributed by atoms with Crippen LogP contribution < -0.4 is 9.46 Å². The van der Waals surface area contributed by atoms with Crippen molar-refractivity contribution in [2.24, 2.45) is 0 Å². The predicted molar refractivity (Wildman–Crippen MR) is 121 cm³/mol. The molecule has 1 N–H and O–H groups in total. The Bertz CT molecular complexity index is 1020. The summed E-state index contributed by atoms with van der Waals surface area (Å²) in [4.78, 5) is 8.66. The highest BCUT2D eigenvalue weighted by Gasteiger charge is 2.38. The predicted octanol–water partition coefficient (Wildman–Crippen LogP) is 3.74. The molecule has 3 rings (SSSR count). The van der Waals surface area contributed by atoms with E-state index in [0.29, 0.717) is 35.7 Å². The van der Waals surface area contributed by atoms with Gasteiger partial charge in [0.2, 0.25) is 5.88 Å². The quantitative estimate of drug-likeness (QED) is 0.482. The minimum absolute atomic E-state index is 0.189. The maximum absolute atomic E-state index is 12.6. The summed E-state index contributed by atoms with van der Waals surface area (Å²) in [5.74, 6) is 0.404. The number of nitrogens with one attached hydrogen (secondary N) is 1. The number of rotatable bonds is 7. The van der Waals surface area contributed by atoms with Gasteiger partial charge in [0, 0.05) is 48.4 Å². The maximum Gasteiger partial charge on any atom is 0.223 e. The van der Waals surface area contributed by atoms with Crippen LogP contribution in [0.1, 0.15) is 58.6 Å². The van der Waals surface area contributed by atoms with E-state index in [0.717, 1.165) is 10.9 Å². The highest BCUT2D eigenvalue weighted by atomic mass is 35.5. The number of aromatic nitrogens is 2. The fraction of sp³-hybridized carbons (Fsp3) is 0.600. The van der Waals surface area contributed by atoms with Gasteiger partial charge in [0.1, 0.15) is 16.0 Å². The summed E-state index contributed by atoms with van der Waals surface area (Å²) < 4.78 is 44.7. The number of hydrogen-bond donors (Lipinski definition) is 1. The third-order valence-corrected chi connectivity index (χ3v) is 8.67. The number of ether oxygens (including phenoxy) is 1. The molecule has 2 heterocycles. The van der Waals surface area contributed by atoms with Crippen molar-refractivity contribution in [2.75, 3.05) is 6.26 Å². The fourth-order valence-corrected chi connectivity index (χ4v) is 5.46. The monoisotopic (exact) mass is 473 g/mol. The summed E-state index contributed by atoms with van der Waals surface area (Å²) in [6, 6.07) is 1.57. The molecular formula is C20H28ClN3O4S2. The first kappa shape index (κ1) is 23.5. The molecule has 0 spiro atoms. The van der Waals surface area contributed by atoms with Crippen LogP contribution in [0.15, 0.2) is 18.5 Å². The molecule has 0 amide bonds. The van der Waals surface area contributed by atoms with Gasteiger partial charge in [-0.2, -0.15) is 0 Å². The van der Waals surface area contributed by atoms with E-state index >= 15 is 0 Å². The molecule has 0 unspecified atom stereocenters. The Balaban J connectivity index is 1.90. The van der Waals surface area contributed by atoms with Crippen LogP contribution in [-0.4, -0.2) is 45.3 Å². The molecule has 7 nitrogen and oxygen atoms in total. The van der Waals surface area contributed by atoms with Crippen molar-refractivity contribution in [1.82, 2.24) is 14.7 Å². The number of nitrogens with zero attached hydrogens (tertiary/aromatic N) is 2. The van der Waals surface area contributed by atoms with Crippen molar-refractivity contribution in [2.45, 2.75) is 69.1 Å². The number of sulfone groups is 1. The molecule has 0 radical (unpaired) electrons. The van der Waals surface area contributed by atoms with Gasteiger partial charge in [0.15, 0.2) is 9.84 Å². The van der Waals surface area contributed by atoms with E-state index in [-0.39, 0.29) is 17.4 Å². The van der Waals surface area contributed by atoms with E-state index in [1.807, 2.05) is 27.7 Å². The summed E-state index contributed by atoms with van der Waals surface area (Å²) in [5, 5.41) is 1.50. The summed E-state index contributed by atoms with van der Waals surface area (Å²) in [7, 11) is -3.05. The van der Waals surface area contributed by atoms with Gasteiger partial charge in [0.25, 0.3) is 0 Å². The summed E-state index contributed by atoms with van der Waals surface area (Å²) in [6.45, 7) is 7.76. The molecule has 10 heteroatoms. The fourth-order valence-electron chi connectivity index (χ4n) is 3.27. The van der Waals surface area contributed by atoms with Gasteiger partial charge in [-0.1, -0.05) is 18.5 Å². The number of halogens is 1. The van der Waals surface area contributed by atoms with E-state index in [2.05, 4.69) is 14.7 Å². The zero-order chi connectivity index (χ0) is 22.3. The summed E-state index contributed by atoms with van der Waals surface area (Å²) >= 11 is 4.91. The second-order valence-corrected chi connectivity index (χ2v) is 13.4. The average molecular weight is 474 g/mol. The highest BCUT2D eigenvalue weighted by molar-refractivity contribution is 7.91. The lowest BCUT2D eigenvalue weighted by molar-refractivity contribution is 0.119. The normalized spacial score (nSPS) is 21.8. The van der Waals surface area contributed by atoms with E-state index in [9.17, 15) is 13.0 Å². The van der Waals surface area contributed by atoms with Crippen molar-refractivity contribution in [3.8, 4) is 5.88 Å². The first-order chi connectivity index (χ1) is 13.9. The minimum atomic E-state index is -3.05. The molecule has 0 bridgehead atoms. The Kier molecular flexibility index (Phi) is 6.89. The standard InChI is InChI=1S/C20H28ClN3O4S2/c1-6-17(24-29(25)20(2,3)4)15-10-23-19(16-11-22-18(21)9-14(15)16)28-12-7-13(8-12)30(5,26)27/h9-13,17,24H,6-8H2,1-5H3/t12-,13+,17-,29-/m0/s1. The SMILES string of the molecule is CC[C@H](N[S@@+]([O-])C(C)(C)C)c1cnc(O[C@H]2C[C@@H](S(C)(=O)=O)C2)c2cnc(Cl)cc12. The van der Waals surface area contributed by atoms with E-state index in [1.54, 1.807) is 18.5 Å². The third kappa shape index (κ3) is 5.19. The Morgan fingerprint density at radius 3 is 2.53 bits per heavy atom. The van der Waals surface area contributed by atoms with Crippen LogP contribution in [0.3, 0.4) is 0 Å². The molecule has 0 aromatic carbocycles. The molecule has 30 heavy (non-hydrogen) atoms. The molecule has 2 atom stereocenters. The van der Waals surface area contributed by atoms with Gasteiger partial charge in [-0.25, -0.2) is 18.4 Å². The van der Waals surface area contributed by atoms with Gasteiger partial charge >= 0.3 is 0 Å². The van der Waals surface area contributed by atoms with Crippen LogP contribution in [0.25, 0.3) is 10.8 Å². The second kappa shape index (κ2) is 8.78. The molecule has 1 aliphatic carbocycles. The van der Waals surface area contributed by atoms with Crippen molar-refractivity contribution in [3.05, 3.63) is 29.2 Å². The Hall–Kier alpha value is -1.13. The molecular weight excluding hydrogens is 446 g/mol. The molecule has 2 aromatic heterocycles. The van der Waals surface area contributed by atoms with Gasteiger partial charge in [0.05, 0.1) is 16.7 Å². The van der Waals surface area contributed by atoms with Crippen LogP contribution in [-0.2, 0) is 21.2 Å². The molecule has 1 aliphatic rings. The topological polar surface area (TPSA) is 104 Å². The van der Waals surface area contributed by atoms with E-state index in [1.165, 1.54) is 6.26 Å². The molecule has 0 aliphatic heterocycles. The van der Waals surface area contributed by atoms with Crippen molar-refractivity contribution >= 4 is 43.6 Å². The number of hydrogen-bond acceptors (Lipinski definition) is 7. The Labute approximate surface area is 186 Å². The Morgan fingerprint density at radius 1 is 1.30 bits per heavy atom. The smallest absolute Gasteiger partial charge is 0.223 e. The average Bonchev–Trinajstić information content (AvgIpc) is 2.60. The van der Waals surface area contributed by atoms with E-state index in [4.69, 9.17) is 16.3 Å². The molecule has 1 fully saturated rings.